The lowest BCUT2D eigenvalue weighted by atomic mass is 10.0. The molecule has 5 heteroatoms. The highest BCUT2D eigenvalue weighted by molar-refractivity contribution is 7.19. The molecule has 2 nitrogen and oxygen atoms in total. The molecule has 1 unspecified atom stereocenters. The fourth-order valence-corrected chi connectivity index (χ4v) is 3.26. The first-order valence-corrected chi connectivity index (χ1v) is 6.21. The monoisotopic (exact) mass is 282 g/mol. The summed E-state index contributed by atoms with van der Waals surface area (Å²) in [6, 6.07) is 5.13. The summed E-state index contributed by atoms with van der Waals surface area (Å²) in [6.45, 7) is 2.02. The SMILES string of the molecule is Cc1sc2cccc(F)c2c1C1C=CNC=N1.Cl. The van der Waals surface area contributed by atoms with Crippen molar-refractivity contribution in [1.29, 1.82) is 0 Å². The Bertz CT molecular complexity index is 621. The predicted octanol–water partition coefficient (Wildman–Crippen LogP) is 3.96. The zero-order valence-corrected chi connectivity index (χ0v) is 11.3. The van der Waals surface area contributed by atoms with Crippen LogP contribution >= 0.6 is 23.7 Å². The molecule has 0 saturated carbocycles. The first-order chi connectivity index (χ1) is 8.27. The van der Waals surface area contributed by atoms with Gasteiger partial charge < -0.3 is 5.32 Å². The highest BCUT2D eigenvalue weighted by Crippen LogP contribution is 2.38. The van der Waals surface area contributed by atoms with Crippen LogP contribution in [0.2, 0.25) is 0 Å². The Hall–Kier alpha value is -1.39. The van der Waals surface area contributed by atoms with Crippen LogP contribution in [0.4, 0.5) is 4.39 Å². The van der Waals surface area contributed by atoms with Crippen LogP contribution in [0.1, 0.15) is 16.5 Å². The van der Waals surface area contributed by atoms with Gasteiger partial charge in [0, 0.05) is 26.7 Å². The van der Waals surface area contributed by atoms with Crippen LogP contribution in [0.25, 0.3) is 10.1 Å². The fraction of sp³-hybridized carbons (Fsp3) is 0.154. The Morgan fingerprint density at radius 2 is 2.22 bits per heavy atom. The van der Waals surface area contributed by atoms with E-state index in [1.54, 1.807) is 23.7 Å². The van der Waals surface area contributed by atoms with Crippen LogP contribution in [0.3, 0.4) is 0 Å². The summed E-state index contributed by atoms with van der Waals surface area (Å²) in [7, 11) is 0. The maximum atomic E-state index is 13.9. The van der Waals surface area contributed by atoms with Gasteiger partial charge in [-0.15, -0.1) is 23.7 Å². The Balaban J connectivity index is 0.00000120. The van der Waals surface area contributed by atoms with E-state index < -0.39 is 0 Å². The number of nitrogens with zero attached hydrogens (tertiary/aromatic N) is 1. The Morgan fingerprint density at radius 3 is 2.94 bits per heavy atom. The number of rotatable bonds is 1. The number of nitrogens with one attached hydrogen (secondary N) is 1. The maximum absolute atomic E-state index is 13.9. The summed E-state index contributed by atoms with van der Waals surface area (Å²) in [5.41, 5.74) is 0.983. The number of aryl methyl sites for hydroxylation is 1. The van der Waals surface area contributed by atoms with E-state index in [9.17, 15) is 4.39 Å². The number of benzene rings is 1. The van der Waals surface area contributed by atoms with Crippen molar-refractivity contribution in [2.45, 2.75) is 13.0 Å². The minimum Gasteiger partial charge on any atom is -0.353 e. The third kappa shape index (κ3) is 2.02. The lowest BCUT2D eigenvalue weighted by Crippen LogP contribution is -2.09. The lowest BCUT2D eigenvalue weighted by Gasteiger charge is -2.12. The van der Waals surface area contributed by atoms with E-state index in [1.165, 1.54) is 6.07 Å². The summed E-state index contributed by atoms with van der Waals surface area (Å²) >= 11 is 1.62. The highest BCUT2D eigenvalue weighted by atomic mass is 35.5. The third-order valence-electron chi connectivity index (χ3n) is 2.87. The van der Waals surface area contributed by atoms with Gasteiger partial charge in [-0.25, -0.2) is 4.39 Å². The molecule has 0 amide bonds. The van der Waals surface area contributed by atoms with Crippen molar-refractivity contribution < 1.29 is 4.39 Å². The minimum atomic E-state index is -0.163. The van der Waals surface area contributed by atoms with Crippen molar-refractivity contribution in [3.05, 3.63) is 46.7 Å². The molecule has 0 bridgehead atoms. The molecule has 1 aromatic carbocycles. The molecule has 94 valence electrons. The van der Waals surface area contributed by atoms with Crippen LogP contribution < -0.4 is 5.32 Å². The van der Waals surface area contributed by atoms with Crippen molar-refractivity contribution >= 4 is 40.2 Å². The number of aliphatic imine (C=N–C) groups is 1. The lowest BCUT2D eigenvalue weighted by molar-refractivity contribution is 0.638. The quantitative estimate of drug-likeness (QED) is 0.841. The minimum absolute atomic E-state index is 0. The Labute approximate surface area is 115 Å². The van der Waals surface area contributed by atoms with E-state index in [1.807, 2.05) is 25.3 Å². The number of hydrogen-bond donors (Lipinski definition) is 1. The number of thiophene rings is 1. The molecule has 1 aliphatic rings. The highest BCUT2D eigenvalue weighted by Gasteiger charge is 2.19. The second kappa shape index (κ2) is 5.08. The van der Waals surface area contributed by atoms with Gasteiger partial charge in [-0.3, -0.25) is 4.99 Å². The van der Waals surface area contributed by atoms with Crippen LogP contribution in [-0.2, 0) is 0 Å². The molecule has 1 aromatic heterocycles. The summed E-state index contributed by atoms with van der Waals surface area (Å²) in [4.78, 5) is 5.46. The zero-order valence-electron chi connectivity index (χ0n) is 9.68. The summed E-state index contributed by atoms with van der Waals surface area (Å²) < 4.78 is 14.9. The molecule has 0 aliphatic carbocycles. The molecule has 2 heterocycles. The first kappa shape index (κ1) is 13.1. The maximum Gasteiger partial charge on any atom is 0.132 e. The van der Waals surface area contributed by atoms with Gasteiger partial charge in [0.15, 0.2) is 0 Å². The van der Waals surface area contributed by atoms with E-state index in [0.717, 1.165) is 15.1 Å². The van der Waals surface area contributed by atoms with E-state index in [-0.39, 0.29) is 24.3 Å². The van der Waals surface area contributed by atoms with E-state index in [0.29, 0.717) is 5.39 Å². The van der Waals surface area contributed by atoms with Gasteiger partial charge >= 0.3 is 0 Å². The second-order valence-electron chi connectivity index (χ2n) is 3.93. The average molecular weight is 283 g/mol. The summed E-state index contributed by atoms with van der Waals surface area (Å²) in [5.74, 6) is -0.163. The molecule has 1 aliphatic heterocycles. The van der Waals surface area contributed by atoms with Crippen LogP contribution in [0.5, 0.6) is 0 Å². The standard InChI is InChI=1S/C13H11FN2S.ClH/c1-8-12(10-5-6-15-7-16-10)13-9(14)3-2-4-11(13)17-8;/h2-7,10H,1H3,(H,15,16);1H. The zero-order chi connectivity index (χ0) is 11.8. The van der Waals surface area contributed by atoms with Gasteiger partial charge in [0.2, 0.25) is 0 Å². The molecule has 18 heavy (non-hydrogen) atoms. The molecule has 0 saturated heterocycles. The van der Waals surface area contributed by atoms with Crippen molar-refractivity contribution in [2.75, 3.05) is 0 Å². The summed E-state index contributed by atoms with van der Waals surface area (Å²) in [5, 5.41) is 3.61. The largest absolute Gasteiger partial charge is 0.353 e. The van der Waals surface area contributed by atoms with Crippen molar-refractivity contribution in [1.82, 2.24) is 5.32 Å². The van der Waals surface area contributed by atoms with Gasteiger partial charge in [-0.2, -0.15) is 0 Å². The third-order valence-corrected chi connectivity index (χ3v) is 3.95. The van der Waals surface area contributed by atoms with Crippen molar-refractivity contribution in [2.24, 2.45) is 4.99 Å². The second-order valence-corrected chi connectivity index (χ2v) is 5.19. The fourth-order valence-electron chi connectivity index (χ4n) is 2.14. The van der Waals surface area contributed by atoms with E-state index >= 15 is 0 Å². The van der Waals surface area contributed by atoms with Crippen molar-refractivity contribution in [3.63, 3.8) is 0 Å². The Morgan fingerprint density at radius 1 is 1.39 bits per heavy atom. The van der Waals surface area contributed by atoms with Crippen molar-refractivity contribution in [3.8, 4) is 0 Å². The van der Waals surface area contributed by atoms with Gasteiger partial charge in [0.25, 0.3) is 0 Å². The molecular weight excluding hydrogens is 271 g/mol. The number of halogens is 2. The van der Waals surface area contributed by atoms with Gasteiger partial charge in [-0.1, -0.05) is 6.07 Å². The normalized spacial score (nSPS) is 17.6. The molecule has 2 aromatic rings. The van der Waals surface area contributed by atoms with Crippen LogP contribution in [0, 0.1) is 12.7 Å². The number of fused-ring (bicyclic) bond motifs is 1. The molecule has 0 spiro atoms. The smallest absolute Gasteiger partial charge is 0.132 e. The van der Waals surface area contributed by atoms with E-state index in [4.69, 9.17) is 0 Å². The topological polar surface area (TPSA) is 24.4 Å². The average Bonchev–Trinajstić information content (AvgIpc) is 2.68. The van der Waals surface area contributed by atoms with E-state index in [2.05, 4.69) is 10.3 Å². The molecule has 1 atom stereocenters. The Kier molecular flexibility index (Phi) is 3.68. The molecular formula is C13H12ClFN2S. The van der Waals surface area contributed by atoms with Gasteiger partial charge in [0.1, 0.15) is 5.82 Å². The van der Waals surface area contributed by atoms with Gasteiger partial charge in [0.05, 0.1) is 12.4 Å². The molecule has 3 rings (SSSR count). The molecule has 0 fully saturated rings. The number of hydrogen-bond acceptors (Lipinski definition) is 3. The summed E-state index contributed by atoms with van der Waals surface area (Å²) in [6.07, 6.45) is 5.43. The first-order valence-electron chi connectivity index (χ1n) is 5.39. The molecule has 1 N–H and O–H groups in total. The predicted molar refractivity (Wildman–Crippen MR) is 77.3 cm³/mol. The van der Waals surface area contributed by atoms with Crippen LogP contribution in [0.15, 0.2) is 35.5 Å². The van der Waals surface area contributed by atoms with Gasteiger partial charge in [-0.05, 0) is 25.1 Å². The van der Waals surface area contributed by atoms with Crippen LogP contribution in [-0.4, -0.2) is 6.34 Å². The molecule has 0 radical (unpaired) electrons.